The first-order chi connectivity index (χ1) is 11.7. The lowest BCUT2D eigenvalue weighted by atomic mass is 10.1. The van der Waals surface area contributed by atoms with Gasteiger partial charge in [0.1, 0.15) is 5.82 Å². The first-order valence-corrected chi connectivity index (χ1v) is 9.38. The number of nitrogens with zero attached hydrogens (tertiary/aromatic N) is 3. The minimum Gasteiger partial charge on any atom is -0.357 e. The average molecular weight is 477 g/mol. The van der Waals surface area contributed by atoms with Crippen molar-refractivity contribution in [3.63, 3.8) is 0 Å². The maximum atomic E-state index is 13.4. The van der Waals surface area contributed by atoms with Crippen LogP contribution in [-0.4, -0.2) is 35.1 Å². The highest BCUT2D eigenvalue weighted by molar-refractivity contribution is 14.0. The molecule has 0 fully saturated rings. The Morgan fingerprint density at radius 1 is 1.32 bits per heavy atom. The van der Waals surface area contributed by atoms with E-state index in [0.717, 1.165) is 42.5 Å². The van der Waals surface area contributed by atoms with Gasteiger partial charge in [-0.25, -0.2) is 9.38 Å². The maximum Gasteiger partial charge on any atom is 0.191 e. The molecule has 0 unspecified atom stereocenters. The van der Waals surface area contributed by atoms with E-state index in [-0.39, 0.29) is 29.8 Å². The minimum absolute atomic E-state index is 0. The zero-order chi connectivity index (χ0) is 17.2. The molecule has 0 amide bonds. The number of benzene rings is 1. The Morgan fingerprint density at radius 3 is 2.84 bits per heavy atom. The van der Waals surface area contributed by atoms with E-state index in [1.54, 1.807) is 24.0 Å². The van der Waals surface area contributed by atoms with Gasteiger partial charge in [0.05, 0.1) is 13.1 Å². The Morgan fingerprint density at radius 2 is 2.16 bits per heavy atom. The fraction of sp³-hybridized carbons (Fsp3) is 0.412. The molecule has 0 atom stereocenters. The van der Waals surface area contributed by atoms with Crippen molar-refractivity contribution in [2.24, 2.45) is 4.99 Å². The molecule has 0 aliphatic rings. The second-order valence-corrected chi connectivity index (χ2v) is 6.10. The molecule has 0 aliphatic heterocycles. The zero-order valence-electron chi connectivity index (χ0n) is 14.5. The predicted octanol–water partition coefficient (Wildman–Crippen LogP) is 3.26. The lowest BCUT2D eigenvalue weighted by molar-refractivity contribution is 0.598. The summed E-state index contributed by atoms with van der Waals surface area (Å²) in [6.07, 6.45) is 5.71. The van der Waals surface area contributed by atoms with E-state index in [0.29, 0.717) is 6.54 Å². The van der Waals surface area contributed by atoms with Crippen LogP contribution in [0.2, 0.25) is 0 Å². The van der Waals surface area contributed by atoms with Crippen molar-refractivity contribution in [1.29, 1.82) is 0 Å². The number of thioether (sulfide) groups is 1. The maximum absolute atomic E-state index is 13.4. The van der Waals surface area contributed by atoms with Crippen LogP contribution >= 0.6 is 35.7 Å². The van der Waals surface area contributed by atoms with Gasteiger partial charge >= 0.3 is 0 Å². The molecule has 25 heavy (non-hydrogen) atoms. The Labute approximate surface area is 169 Å². The number of hydrogen-bond acceptors (Lipinski definition) is 3. The number of hydrogen-bond donors (Lipinski definition) is 2. The number of guanidine groups is 1. The van der Waals surface area contributed by atoms with Gasteiger partial charge in [-0.3, -0.25) is 4.68 Å². The van der Waals surface area contributed by atoms with Crippen LogP contribution in [0.4, 0.5) is 4.39 Å². The average Bonchev–Trinajstić information content (AvgIpc) is 3.07. The lowest BCUT2D eigenvalue weighted by Crippen LogP contribution is -2.38. The van der Waals surface area contributed by atoms with E-state index >= 15 is 0 Å². The fourth-order valence-electron chi connectivity index (χ4n) is 2.27. The molecular formula is C17H25FIN5S. The molecule has 138 valence electrons. The van der Waals surface area contributed by atoms with Crippen molar-refractivity contribution in [2.45, 2.75) is 25.8 Å². The highest BCUT2D eigenvalue weighted by Crippen LogP contribution is 2.17. The minimum atomic E-state index is -0.198. The van der Waals surface area contributed by atoms with Gasteiger partial charge in [-0.15, -0.1) is 24.0 Å². The van der Waals surface area contributed by atoms with E-state index in [1.807, 2.05) is 36.2 Å². The SMILES string of the molecule is CCNC(=NCc1ccc(F)cc1CSC)NCCn1cccn1.I. The van der Waals surface area contributed by atoms with E-state index in [1.165, 1.54) is 6.07 Å². The molecule has 2 aromatic rings. The molecule has 5 nitrogen and oxygen atoms in total. The normalized spacial score (nSPS) is 11.1. The second kappa shape index (κ2) is 12.1. The molecule has 2 rings (SSSR count). The van der Waals surface area contributed by atoms with Crippen LogP contribution < -0.4 is 10.6 Å². The quantitative estimate of drug-likeness (QED) is 0.348. The highest BCUT2D eigenvalue weighted by atomic mass is 127. The monoisotopic (exact) mass is 477 g/mol. The molecule has 2 N–H and O–H groups in total. The van der Waals surface area contributed by atoms with E-state index in [4.69, 9.17) is 0 Å². The van der Waals surface area contributed by atoms with Gasteiger partial charge in [-0.05, 0) is 42.5 Å². The molecule has 0 bridgehead atoms. The van der Waals surface area contributed by atoms with E-state index in [2.05, 4.69) is 20.7 Å². The molecule has 0 radical (unpaired) electrons. The first-order valence-electron chi connectivity index (χ1n) is 7.98. The summed E-state index contributed by atoms with van der Waals surface area (Å²) in [5.41, 5.74) is 2.05. The van der Waals surface area contributed by atoms with Gasteiger partial charge in [0, 0.05) is 31.2 Å². The molecule has 0 aliphatic carbocycles. The number of halogens is 2. The van der Waals surface area contributed by atoms with Crippen LogP contribution in [0.25, 0.3) is 0 Å². The lowest BCUT2D eigenvalue weighted by Gasteiger charge is -2.12. The summed E-state index contributed by atoms with van der Waals surface area (Å²) < 4.78 is 15.3. The van der Waals surface area contributed by atoms with Crippen molar-refractivity contribution in [3.05, 3.63) is 53.6 Å². The molecule has 1 heterocycles. The summed E-state index contributed by atoms with van der Waals surface area (Å²) in [6, 6.07) is 6.81. The van der Waals surface area contributed by atoms with Gasteiger partial charge < -0.3 is 10.6 Å². The van der Waals surface area contributed by atoms with E-state index < -0.39 is 0 Å². The van der Waals surface area contributed by atoms with Gasteiger partial charge in [0.2, 0.25) is 0 Å². The largest absolute Gasteiger partial charge is 0.357 e. The van der Waals surface area contributed by atoms with Gasteiger partial charge in [0.15, 0.2) is 5.96 Å². The summed E-state index contributed by atoms with van der Waals surface area (Å²) >= 11 is 1.68. The summed E-state index contributed by atoms with van der Waals surface area (Å²) in [7, 11) is 0. The smallest absolute Gasteiger partial charge is 0.191 e. The Kier molecular flexibility index (Phi) is 10.6. The predicted molar refractivity (Wildman–Crippen MR) is 114 cm³/mol. The highest BCUT2D eigenvalue weighted by Gasteiger charge is 2.05. The van der Waals surface area contributed by atoms with Crippen LogP contribution in [0.3, 0.4) is 0 Å². The summed E-state index contributed by atoms with van der Waals surface area (Å²) in [4.78, 5) is 4.61. The topological polar surface area (TPSA) is 54.2 Å². The third-order valence-corrected chi connectivity index (χ3v) is 4.01. The van der Waals surface area contributed by atoms with E-state index in [9.17, 15) is 4.39 Å². The van der Waals surface area contributed by atoms with Gasteiger partial charge in [-0.2, -0.15) is 16.9 Å². The molecule has 8 heteroatoms. The molecular weight excluding hydrogens is 452 g/mol. The molecule has 0 spiro atoms. The van der Waals surface area contributed by atoms with Crippen LogP contribution in [0.5, 0.6) is 0 Å². The van der Waals surface area contributed by atoms with Crippen LogP contribution in [0, 0.1) is 5.82 Å². The number of nitrogens with one attached hydrogen (secondary N) is 2. The third kappa shape index (κ3) is 7.64. The van der Waals surface area contributed by atoms with Crippen LogP contribution in [-0.2, 0) is 18.8 Å². The van der Waals surface area contributed by atoms with Crippen molar-refractivity contribution < 1.29 is 4.39 Å². The molecule has 0 saturated heterocycles. The number of rotatable bonds is 8. The van der Waals surface area contributed by atoms with Gasteiger partial charge in [0.25, 0.3) is 0 Å². The Hall–Kier alpha value is -1.29. The summed E-state index contributed by atoms with van der Waals surface area (Å²) in [5.74, 6) is 1.34. The Balaban J connectivity index is 0.00000312. The standard InChI is InChI=1S/C17H24FN5S.HI/c1-3-19-17(20-8-10-23-9-4-7-22-23)21-12-14-5-6-16(18)11-15(14)13-24-2;/h4-7,9,11H,3,8,10,12-13H2,1-2H3,(H2,19,20,21);1H. The number of aromatic nitrogens is 2. The Bertz CT molecular complexity index is 648. The van der Waals surface area contributed by atoms with Crippen LogP contribution in [0.15, 0.2) is 41.7 Å². The molecule has 1 aromatic carbocycles. The molecule has 0 saturated carbocycles. The first kappa shape index (κ1) is 21.8. The van der Waals surface area contributed by atoms with Crippen molar-refractivity contribution >= 4 is 41.7 Å². The zero-order valence-corrected chi connectivity index (χ0v) is 17.7. The third-order valence-electron chi connectivity index (χ3n) is 3.41. The van der Waals surface area contributed by atoms with Gasteiger partial charge in [-0.1, -0.05) is 6.07 Å². The van der Waals surface area contributed by atoms with Crippen LogP contribution in [0.1, 0.15) is 18.1 Å². The van der Waals surface area contributed by atoms with Crippen molar-refractivity contribution in [2.75, 3.05) is 19.3 Å². The second-order valence-electron chi connectivity index (χ2n) is 5.24. The summed E-state index contributed by atoms with van der Waals surface area (Å²) in [5, 5.41) is 10.7. The molecule has 1 aromatic heterocycles. The number of aliphatic imine (C=N–C) groups is 1. The fourth-order valence-corrected chi connectivity index (χ4v) is 2.85. The van der Waals surface area contributed by atoms with Crippen molar-refractivity contribution in [3.8, 4) is 0 Å². The van der Waals surface area contributed by atoms with Crippen molar-refractivity contribution in [1.82, 2.24) is 20.4 Å². The summed E-state index contributed by atoms with van der Waals surface area (Å²) in [6.45, 7) is 4.84.